The van der Waals surface area contributed by atoms with Gasteiger partial charge in [-0.1, -0.05) is 22.8 Å². The molecule has 0 spiro atoms. The van der Waals surface area contributed by atoms with Crippen LogP contribution in [0.1, 0.15) is 17.7 Å². The third-order valence-electron chi connectivity index (χ3n) is 3.84. The summed E-state index contributed by atoms with van der Waals surface area (Å²) in [6.45, 7) is 3.96. The molecule has 1 aliphatic heterocycles. The molecular formula is C16H16ClN3O3. The van der Waals surface area contributed by atoms with Crippen molar-refractivity contribution in [2.75, 3.05) is 16.8 Å². The molecule has 23 heavy (non-hydrogen) atoms. The van der Waals surface area contributed by atoms with Gasteiger partial charge in [-0.2, -0.15) is 0 Å². The average molecular weight is 334 g/mol. The molecule has 2 amide bonds. The van der Waals surface area contributed by atoms with Gasteiger partial charge in [0.05, 0.1) is 5.92 Å². The van der Waals surface area contributed by atoms with Crippen molar-refractivity contribution in [3.63, 3.8) is 0 Å². The average Bonchev–Trinajstić information content (AvgIpc) is 3.08. The molecule has 2 aromatic rings. The number of amides is 2. The minimum Gasteiger partial charge on any atom is -0.360 e. The molecular weight excluding hydrogens is 318 g/mol. The summed E-state index contributed by atoms with van der Waals surface area (Å²) in [5.74, 6) is 0.198. The molecule has 3 rings (SSSR count). The van der Waals surface area contributed by atoms with Crippen LogP contribution in [0.2, 0.25) is 5.02 Å². The Bertz CT molecular complexity index is 772. The fourth-order valence-corrected chi connectivity index (χ4v) is 2.71. The second kappa shape index (κ2) is 6.04. The lowest BCUT2D eigenvalue weighted by Crippen LogP contribution is -2.28. The van der Waals surface area contributed by atoms with Crippen LogP contribution < -0.4 is 10.2 Å². The van der Waals surface area contributed by atoms with E-state index in [0.717, 1.165) is 5.56 Å². The van der Waals surface area contributed by atoms with Crippen LogP contribution in [0.15, 0.2) is 28.8 Å². The SMILES string of the molecule is Cc1cc(NC(=O)C2CC(=O)N(c3ccc(C)c(Cl)c3)C2)no1. The molecule has 0 radical (unpaired) electrons. The number of aryl methyl sites for hydroxylation is 2. The Kier molecular flexibility index (Phi) is 4.09. The lowest BCUT2D eigenvalue weighted by Gasteiger charge is -2.17. The lowest BCUT2D eigenvalue weighted by atomic mass is 10.1. The van der Waals surface area contributed by atoms with Gasteiger partial charge in [-0.05, 0) is 31.5 Å². The molecule has 0 aliphatic carbocycles. The molecule has 1 atom stereocenters. The number of carbonyl (C=O) groups is 2. The fourth-order valence-electron chi connectivity index (χ4n) is 2.54. The van der Waals surface area contributed by atoms with E-state index in [1.807, 2.05) is 19.1 Å². The number of rotatable bonds is 3. The number of benzene rings is 1. The lowest BCUT2D eigenvalue weighted by molar-refractivity contribution is -0.122. The van der Waals surface area contributed by atoms with Crippen LogP contribution in [0.25, 0.3) is 0 Å². The third-order valence-corrected chi connectivity index (χ3v) is 4.25. The first-order chi connectivity index (χ1) is 10.9. The maximum absolute atomic E-state index is 12.3. The van der Waals surface area contributed by atoms with E-state index in [1.165, 1.54) is 0 Å². The number of halogens is 1. The number of aromatic nitrogens is 1. The predicted octanol–water partition coefficient (Wildman–Crippen LogP) is 2.94. The highest BCUT2D eigenvalue weighted by Gasteiger charge is 2.35. The Morgan fingerprint density at radius 2 is 2.17 bits per heavy atom. The molecule has 1 aromatic heterocycles. The van der Waals surface area contributed by atoms with Gasteiger partial charge in [0.1, 0.15) is 5.76 Å². The van der Waals surface area contributed by atoms with Crippen molar-refractivity contribution in [1.29, 1.82) is 0 Å². The fraction of sp³-hybridized carbons (Fsp3) is 0.312. The first-order valence-corrected chi connectivity index (χ1v) is 7.62. The third kappa shape index (κ3) is 3.22. The Labute approximate surface area is 138 Å². The molecule has 2 heterocycles. The van der Waals surface area contributed by atoms with Crippen molar-refractivity contribution in [3.8, 4) is 0 Å². The van der Waals surface area contributed by atoms with E-state index in [4.69, 9.17) is 16.1 Å². The number of carbonyl (C=O) groups excluding carboxylic acids is 2. The number of nitrogens with one attached hydrogen (secondary N) is 1. The van der Waals surface area contributed by atoms with Crippen LogP contribution >= 0.6 is 11.6 Å². The molecule has 1 fully saturated rings. The van der Waals surface area contributed by atoms with Gasteiger partial charge in [-0.25, -0.2) is 0 Å². The highest BCUT2D eigenvalue weighted by Crippen LogP contribution is 2.29. The van der Waals surface area contributed by atoms with Crippen LogP contribution in [0.3, 0.4) is 0 Å². The van der Waals surface area contributed by atoms with E-state index < -0.39 is 5.92 Å². The van der Waals surface area contributed by atoms with Crippen molar-refractivity contribution in [2.24, 2.45) is 5.92 Å². The number of nitrogens with zero attached hydrogens (tertiary/aromatic N) is 2. The van der Waals surface area contributed by atoms with Crippen molar-refractivity contribution >= 4 is 34.9 Å². The monoisotopic (exact) mass is 333 g/mol. The second-order valence-electron chi connectivity index (χ2n) is 5.65. The molecule has 1 saturated heterocycles. The van der Waals surface area contributed by atoms with Gasteiger partial charge in [0.2, 0.25) is 11.8 Å². The molecule has 120 valence electrons. The highest BCUT2D eigenvalue weighted by molar-refractivity contribution is 6.31. The normalized spacial score (nSPS) is 17.6. The van der Waals surface area contributed by atoms with E-state index in [-0.39, 0.29) is 18.2 Å². The van der Waals surface area contributed by atoms with Crippen molar-refractivity contribution in [3.05, 3.63) is 40.6 Å². The van der Waals surface area contributed by atoms with Gasteiger partial charge in [0.25, 0.3) is 0 Å². The predicted molar refractivity (Wildman–Crippen MR) is 86.5 cm³/mol. The summed E-state index contributed by atoms with van der Waals surface area (Å²) >= 11 is 6.11. The van der Waals surface area contributed by atoms with Gasteiger partial charge >= 0.3 is 0 Å². The topological polar surface area (TPSA) is 75.4 Å². The van der Waals surface area contributed by atoms with Crippen molar-refractivity contribution < 1.29 is 14.1 Å². The second-order valence-corrected chi connectivity index (χ2v) is 6.06. The van der Waals surface area contributed by atoms with Crippen LogP contribution in [0.5, 0.6) is 0 Å². The Morgan fingerprint density at radius 3 is 2.83 bits per heavy atom. The zero-order valence-corrected chi connectivity index (χ0v) is 13.6. The van der Waals surface area contributed by atoms with E-state index >= 15 is 0 Å². The molecule has 0 bridgehead atoms. The van der Waals surface area contributed by atoms with Gasteiger partial charge in [0, 0.05) is 29.7 Å². The Morgan fingerprint density at radius 1 is 1.39 bits per heavy atom. The number of hydrogen-bond acceptors (Lipinski definition) is 4. The quantitative estimate of drug-likeness (QED) is 0.937. The minimum atomic E-state index is -0.431. The van der Waals surface area contributed by atoms with Gasteiger partial charge in [-0.15, -0.1) is 0 Å². The number of anilines is 2. The smallest absolute Gasteiger partial charge is 0.231 e. The van der Waals surface area contributed by atoms with Crippen LogP contribution in [0, 0.1) is 19.8 Å². The van der Waals surface area contributed by atoms with Crippen molar-refractivity contribution in [2.45, 2.75) is 20.3 Å². The summed E-state index contributed by atoms with van der Waals surface area (Å²) in [5.41, 5.74) is 1.65. The molecule has 6 nitrogen and oxygen atoms in total. The molecule has 1 aromatic carbocycles. The Hall–Kier alpha value is -2.34. The summed E-state index contributed by atoms with van der Waals surface area (Å²) in [5, 5.41) is 6.99. The molecule has 1 aliphatic rings. The zero-order valence-electron chi connectivity index (χ0n) is 12.8. The van der Waals surface area contributed by atoms with Gasteiger partial charge < -0.3 is 14.7 Å². The summed E-state index contributed by atoms with van der Waals surface area (Å²) in [4.78, 5) is 26.1. The summed E-state index contributed by atoms with van der Waals surface area (Å²) in [7, 11) is 0. The molecule has 7 heteroatoms. The van der Waals surface area contributed by atoms with Crippen LogP contribution in [0.4, 0.5) is 11.5 Å². The van der Waals surface area contributed by atoms with E-state index in [2.05, 4.69) is 10.5 Å². The van der Waals surface area contributed by atoms with Crippen LogP contribution in [-0.2, 0) is 9.59 Å². The first-order valence-electron chi connectivity index (χ1n) is 7.25. The van der Waals surface area contributed by atoms with Gasteiger partial charge in [0.15, 0.2) is 5.82 Å². The first kappa shape index (κ1) is 15.6. The maximum atomic E-state index is 12.3. The van der Waals surface area contributed by atoms with Crippen molar-refractivity contribution in [1.82, 2.24) is 5.16 Å². The molecule has 1 N–H and O–H groups in total. The maximum Gasteiger partial charge on any atom is 0.231 e. The standard InChI is InChI=1S/C16H16ClN3O3/c1-9-3-4-12(7-13(9)17)20-8-11(6-15(20)21)16(22)18-14-5-10(2)23-19-14/h3-5,7,11H,6,8H2,1-2H3,(H,18,19,22). The Balaban J connectivity index is 1.71. The molecule has 1 unspecified atom stereocenters. The molecule has 0 saturated carbocycles. The van der Waals surface area contributed by atoms with Gasteiger partial charge in [-0.3, -0.25) is 9.59 Å². The number of hydrogen-bond donors (Lipinski definition) is 1. The van der Waals surface area contributed by atoms with E-state index in [0.29, 0.717) is 28.8 Å². The summed E-state index contributed by atoms with van der Waals surface area (Å²) in [6, 6.07) is 7.07. The zero-order chi connectivity index (χ0) is 16.6. The highest BCUT2D eigenvalue weighted by atomic mass is 35.5. The summed E-state index contributed by atoms with van der Waals surface area (Å²) in [6.07, 6.45) is 0.161. The van der Waals surface area contributed by atoms with Crippen LogP contribution in [-0.4, -0.2) is 23.5 Å². The van der Waals surface area contributed by atoms with E-state index in [1.54, 1.807) is 24.0 Å². The minimum absolute atomic E-state index is 0.0959. The van der Waals surface area contributed by atoms with E-state index in [9.17, 15) is 9.59 Å². The largest absolute Gasteiger partial charge is 0.360 e. The summed E-state index contributed by atoms with van der Waals surface area (Å²) < 4.78 is 4.91.